The Morgan fingerprint density at radius 2 is 1.00 bits per heavy atom. The van der Waals surface area contributed by atoms with E-state index in [1.54, 1.807) is 0 Å². The van der Waals surface area contributed by atoms with E-state index in [4.69, 9.17) is 0 Å². The Hall–Kier alpha value is -5.08. The van der Waals surface area contributed by atoms with Crippen LogP contribution in [-0.4, -0.2) is 11.6 Å². The van der Waals surface area contributed by atoms with Gasteiger partial charge < -0.3 is 9.47 Å². The first kappa shape index (κ1) is 23.1. The van der Waals surface area contributed by atoms with Gasteiger partial charge in [-0.15, -0.1) is 0 Å². The highest BCUT2D eigenvalue weighted by atomic mass is 15.1. The van der Waals surface area contributed by atoms with E-state index in [2.05, 4.69) is 168 Å². The van der Waals surface area contributed by atoms with Gasteiger partial charge in [0, 0.05) is 40.4 Å². The van der Waals surface area contributed by atoms with Crippen LogP contribution in [0.2, 0.25) is 0 Å². The predicted octanol–water partition coefficient (Wildman–Crippen LogP) is 9.89. The van der Waals surface area contributed by atoms with Gasteiger partial charge in [0.2, 0.25) is 0 Å². The summed E-state index contributed by atoms with van der Waals surface area (Å²) in [7, 11) is 2.11. The number of hydrogen-bond acceptors (Lipinski definition) is 1. The lowest BCUT2D eigenvalue weighted by atomic mass is 10.0. The first-order chi connectivity index (χ1) is 19.3. The Labute approximate surface area is 229 Å². The van der Waals surface area contributed by atoms with Gasteiger partial charge in [0.05, 0.1) is 11.0 Å². The summed E-state index contributed by atoms with van der Waals surface area (Å²) in [6, 6.07) is 54.2. The van der Waals surface area contributed by atoms with Gasteiger partial charge in [0.1, 0.15) is 0 Å². The third kappa shape index (κ3) is 4.07. The molecule has 0 atom stereocenters. The molecule has 7 rings (SSSR count). The third-order valence-electron chi connectivity index (χ3n) is 7.64. The summed E-state index contributed by atoms with van der Waals surface area (Å²) in [6.07, 6.45) is 0. The number of benzene rings is 6. The highest BCUT2D eigenvalue weighted by Crippen LogP contribution is 2.39. The molecule has 0 saturated heterocycles. The van der Waals surface area contributed by atoms with Gasteiger partial charge in [0.25, 0.3) is 0 Å². The van der Waals surface area contributed by atoms with Crippen LogP contribution in [0.4, 0.5) is 11.4 Å². The van der Waals surface area contributed by atoms with Crippen LogP contribution in [0.1, 0.15) is 0 Å². The van der Waals surface area contributed by atoms with Crippen molar-refractivity contribution < 1.29 is 0 Å². The summed E-state index contributed by atoms with van der Waals surface area (Å²) in [6.45, 7) is 0. The fourth-order valence-electron chi connectivity index (χ4n) is 5.62. The third-order valence-corrected chi connectivity index (χ3v) is 7.64. The molecule has 2 nitrogen and oxygen atoms in total. The molecule has 2 heteroatoms. The molecular weight excluding hydrogens is 472 g/mol. The highest BCUT2D eigenvalue weighted by Gasteiger charge is 2.16. The number of hydrogen-bond donors (Lipinski definition) is 0. The highest BCUT2D eigenvalue weighted by molar-refractivity contribution is 6.13. The maximum absolute atomic E-state index is 2.42. The molecule has 0 bridgehead atoms. The van der Waals surface area contributed by atoms with Crippen molar-refractivity contribution in [2.75, 3.05) is 11.9 Å². The maximum atomic E-state index is 2.42. The minimum Gasteiger partial charge on any atom is -0.345 e. The monoisotopic (exact) mass is 500 g/mol. The van der Waals surface area contributed by atoms with Gasteiger partial charge >= 0.3 is 0 Å². The van der Waals surface area contributed by atoms with Crippen molar-refractivity contribution in [1.29, 1.82) is 0 Å². The normalized spacial score (nSPS) is 11.2. The van der Waals surface area contributed by atoms with Crippen molar-refractivity contribution in [3.63, 3.8) is 0 Å². The standard InChI is InChI=1S/C37H28N2/c1-38(30-13-6-3-7-14-30)31-23-21-29(22-24-31)33-16-10-17-35-34-15-8-9-18-36(34)39(37(33)35)32-25-19-28(20-26-32)27-11-4-2-5-12-27/h2-26H,1H3. The van der Waals surface area contributed by atoms with Crippen LogP contribution >= 0.6 is 0 Å². The van der Waals surface area contributed by atoms with Crippen molar-refractivity contribution in [3.05, 3.63) is 152 Å². The molecule has 0 spiro atoms. The molecule has 0 saturated carbocycles. The van der Waals surface area contributed by atoms with Gasteiger partial charge in [-0.05, 0) is 59.2 Å². The SMILES string of the molecule is CN(c1ccccc1)c1ccc(-c2cccc3c4ccccc4n(-c4ccc(-c5ccccc5)cc4)c23)cc1. The molecule has 1 heterocycles. The second-order valence-corrected chi connectivity index (χ2v) is 9.91. The van der Waals surface area contributed by atoms with Crippen LogP contribution in [-0.2, 0) is 0 Å². The molecule has 186 valence electrons. The summed E-state index contributed by atoms with van der Waals surface area (Å²) in [5.41, 5.74) is 10.8. The summed E-state index contributed by atoms with van der Waals surface area (Å²) in [4.78, 5) is 2.22. The topological polar surface area (TPSA) is 8.17 Å². The van der Waals surface area contributed by atoms with Crippen molar-refractivity contribution in [2.45, 2.75) is 0 Å². The van der Waals surface area contributed by atoms with Gasteiger partial charge in [0.15, 0.2) is 0 Å². The zero-order valence-electron chi connectivity index (χ0n) is 21.8. The van der Waals surface area contributed by atoms with Crippen LogP contribution in [0.15, 0.2) is 152 Å². The summed E-state index contributed by atoms with van der Waals surface area (Å²) < 4.78 is 2.42. The number of anilines is 2. The van der Waals surface area contributed by atoms with E-state index in [0.29, 0.717) is 0 Å². The number of aromatic nitrogens is 1. The molecule has 0 amide bonds. The Kier molecular flexibility index (Phi) is 5.71. The quantitative estimate of drug-likeness (QED) is 0.228. The number of fused-ring (bicyclic) bond motifs is 3. The molecule has 39 heavy (non-hydrogen) atoms. The average Bonchev–Trinajstić information content (AvgIpc) is 3.36. The van der Waals surface area contributed by atoms with E-state index >= 15 is 0 Å². The van der Waals surface area contributed by atoms with Crippen LogP contribution in [0.5, 0.6) is 0 Å². The molecule has 0 N–H and O–H groups in total. The zero-order valence-corrected chi connectivity index (χ0v) is 21.8. The number of rotatable bonds is 5. The average molecular weight is 501 g/mol. The van der Waals surface area contributed by atoms with E-state index in [-0.39, 0.29) is 0 Å². The van der Waals surface area contributed by atoms with E-state index in [0.717, 1.165) is 11.4 Å². The van der Waals surface area contributed by atoms with Gasteiger partial charge in [-0.25, -0.2) is 0 Å². The molecule has 0 aliphatic carbocycles. The van der Waals surface area contributed by atoms with Crippen molar-refractivity contribution in [3.8, 4) is 27.9 Å². The van der Waals surface area contributed by atoms with Crippen LogP contribution in [0.3, 0.4) is 0 Å². The van der Waals surface area contributed by atoms with E-state index < -0.39 is 0 Å². The fourth-order valence-corrected chi connectivity index (χ4v) is 5.62. The molecule has 0 fully saturated rings. The molecular formula is C37H28N2. The Morgan fingerprint density at radius 3 is 1.74 bits per heavy atom. The van der Waals surface area contributed by atoms with Crippen molar-refractivity contribution in [2.24, 2.45) is 0 Å². The summed E-state index contributed by atoms with van der Waals surface area (Å²) >= 11 is 0. The van der Waals surface area contributed by atoms with Crippen molar-refractivity contribution in [1.82, 2.24) is 4.57 Å². The van der Waals surface area contributed by atoms with Gasteiger partial charge in [-0.2, -0.15) is 0 Å². The molecule has 0 aliphatic rings. The van der Waals surface area contributed by atoms with Crippen molar-refractivity contribution >= 4 is 33.2 Å². The second kappa shape index (κ2) is 9.66. The van der Waals surface area contributed by atoms with Gasteiger partial charge in [-0.3, -0.25) is 0 Å². The first-order valence-electron chi connectivity index (χ1n) is 13.4. The summed E-state index contributed by atoms with van der Waals surface area (Å²) in [5, 5.41) is 2.53. The second-order valence-electron chi connectivity index (χ2n) is 9.91. The molecule has 7 aromatic rings. The Balaban J connectivity index is 1.37. The smallest absolute Gasteiger partial charge is 0.0619 e. The van der Waals surface area contributed by atoms with E-state index in [1.807, 2.05) is 0 Å². The Bertz CT molecular complexity index is 1880. The maximum Gasteiger partial charge on any atom is 0.0619 e. The lowest BCUT2D eigenvalue weighted by Gasteiger charge is -2.20. The zero-order chi connectivity index (χ0) is 26.2. The Morgan fingerprint density at radius 1 is 0.436 bits per heavy atom. The molecule has 0 unspecified atom stereocenters. The molecule has 1 aromatic heterocycles. The van der Waals surface area contributed by atoms with Crippen LogP contribution in [0, 0.1) is 0 Å². The first-order valence-corrected chi connectivity index (χ1v) is 13.4. The lowest BCUT2D eigenvalue weighted by molar-refractivity contribution is 1.18. The minimum atomic E-state index is 1.16. The minimum absolute atomic E-state index is 1.16. The molecule has 0 aliphatic heterocycles. The lowest BCUT2D eigenvalue weighted by Crippen LogP contribution is -2.08. The van der Waals surface area contributed by atoms with Gasteiger partial charge in [-0.1, -0.05) is 109 Å². The largest absolute Gasteiger partial charge is 0.345 e. The van der Waals surface area contributed by atoms with E-state index in [1.165, 1.54) is 49.7 Å². The molecule has 6 aromatic carbocycles. The van der Waals surface area contributed by atoms with Crippen LogP contribution in [0.25, 0.3) is 49.7 Å². The fraction of sp³-hybridized carbons (Fsp3) is 0.0270. The molecule has 0 radical (unpaired) electrons. The van der Waals surface area contributed by atoms with Crippen LogP contribution < -0.4 is 4.90 Å². The number of para-hydroxylation sites is 3. The summed E-state index contributed by atoms with van der Waals surface area (Å²) in [5.74, 6) is 0. The van der Waals surface area contributed by atoms with E-state index in [9.17, 15) is 0 Å². The number of nitrogens with zero attached hydrogens (tertiary/aromatic N) is 2. The predicted molar refractivity (Wildman–Crippen MR) is 166 cm³/mol.